The van der Waals surface area contributed by atoms with Crippen molar-refractivity contribution >= 4 is 61.9 Å². The van der Waals surface area contributed by atoms with E-state index in [2.05, 4.69) is 25.9 Å². The number of aromatic nitrogens is 2. The monoisotopic (exact) mass is 529 g/mol. The minimum absolute atomic E-state index is 0.133. The molecule has 1 aliphatic heterocycles. The first kappa shape index (κ1) is 23.3. The zero-order chi connectivity index (χ0) is 23.5. The Bertz CT molecular complexity index is 1210. The van der Waals surface area contributed by atoms with Crippen LogP contribution in [0.3, 0.4) is 0 Å². The summed E-state index contributed by atoms with van der Waals surface area (Å²) >= 11 is 4.95. The Morgan fingerprint density at radius 1 is 1.36 bits per heavy atom. The van der Waals surface area contributed by atoms with E-state index in [1.54, 1.807) is 15.9 Å². The molecule has 2 atom stereocenters. The standard InChI is InChI=1S/C23H24BrN5O3S/c1-14-9-29(21(30)6-4-17-8-16(24)12-33-17)20(11-32-2)23(31)28(14)10-15-3-5-18-19(7-15)26-13-27-22(18)25/h3-8,12-14,20H,9-11H2,1-2H3,(H2,25,26,27). The SMILES string of the molecule is COCC1C(=O)N(Cc2ccc3c(N)ncnc3c2)C(C)CN1C(=O)C=Cc1cc(Br)cs1. The number of rotatable bonds is 6. The Hall–Kier alpha value is -2.82. The molecule has 2 aromatic heterocycles. The number of carbonyl (C=O) groups is 2. The second-order valence-electron chi connectivity index (χ2n) is 7.89. The van der Waals surface area contributed by atoms with E-state index in [4.69, 9.17) is 10.5 Å². The topological polar surface area (TPSA) is 102 Å². The molecule has 0 bridgehead atoms. The summed E-state index contributed by atoms with van der Waals surface area (Å²) in [7, 11) is 1.53. The molecule has 0 radical (unpaired) electrons. The third-order valence-corrected chi connectivity index (χ3v) is 7.27. The highest BCUT2D eigenvalue weighted by molar-refractivity contribution is 9.10. The number of hydrogen-bond donors (Lipinski definition) is 1. The molecular formula is C23H24BrN5O3S. The van der Waals surface area contributed by atoms with Crippen LogP contribution in [-0.2, 0) is 20.9 Å². The number of piperazine rings is 1. The van der Waals surface area contributed by atoms with Gasteiger partial charge in [0, 0.05) is 52.4 Å². The minimum atomic E-state index is -0.683. The van der Waals surface area contributed by atoms with Crippen molar-refractivity contribution in [3.63, 3.8) is 0 Å². The van der Waals surface area contributed by atoms with Gasteiger partial charge in [-0.15, -0.1) is 11.3 Å². The van der Waals surface area contributed by atoms with E-state index < -0.39 is 6.04 Å². The summed E-state index contributed by atoms with van der Waals surface area (Å²) in [5.74, 6) is 0.0732. The second kappa shape index (κ2) is 9.98. The molecule has 1 fully saturated rings. The quantitative estimate of drug-likeness (QED) is 0.491. The lowest BCUT2D eigenvalue weighted by atomic mass is 10.0. The molecule has 0 aliphatic carbocycles. The highest BCUT2D eigenvalue weighted by atomic mass is 79.9. The Kier molecular flexibility index (Phi) is 7.06. The number of thiophene rings is 1. The minimum Gasteiger partial charge on any atom is -0.383 e. The molecule has 0 spiro atoms. The summed E-state index contributed by atoms with van der Waals surface area (Å²) in [6, 6.07) is 6.80. The van der Waals surface area contributed by atoms with Gasteiger partial charge in [-0.05, 0) is 52.7 Å². The summed E-state index contributed by atoms with van der Waals surface area (Å²) in [5.41, 5.74) is 7.58. The number of methoxy groups -OCH3 is 1. The van der Waals surface area contributed by atoms with Crippen molar-refractivity contribution in [2.45, 2.75) is 25.6 Å². The molecule has 10 heteroatoms. The van der Waals surface area contributed by atoms with Crippen LogP contribution in [0.1, 0.15) is 17.4 Å². The molecule has 2 N–H and O–H groups in total. The highest BCUT2D eigenvalue weighted by Gasteiger charge is 2.40. The van der Waals surface area contributed by atoms with Crippen molar-refractivity contribution in [1.29, 1.82) is 0 Å². The lowest BCUT2D eigenvalue weighted by Gasteiger charge is -2.44. The number of halogens is 1. The number of nitrogens with zero attached hydrogens (tertiary/aromatic N) is 4. The summed E-state index contributed by atoms with van der Waals surface area (Å²) < 4.78 is 6.27. The van der Waals surface area contributed by atoms with Crippen molar-refractivity contribution in [1.82, 2.24) is 19.8 Å². The normalized spacial score (nSPS) is 19.1. The van der Waals surface area contributed by atoms with Crippen LogP contribution in [0, 0.1) is 0 Å². The molecule has 2 unspecified atom stereocenters. The van der Waals surface area contributed by atoms with Crippen LogP contribution >= 0.6 is 27.3 Å². The number of nitrogen functional groups attached to an aromatic ring is 1. The number of carbonyl (C=O) groups excluding carboxylic acids is 2. The van der Waals surface area contributed by atoms with E-state index in [1.807, 2.05) is 36.6 Å². The molecule has 2 amide bonds. The van der Waals surface area contributed by atoms with E-state index >= 15 is 0 Å². The number of amides is 2. The van der Waals surface area contributed by atoms with E-state index in [1.165, 1.54) is 30.8 Å². The number of anilines is 1. The number of hydrogen-bond acceptors (Lipinski definition) is 7. The Morgan fingerprint density at radius 2 is 2.18 bits per heavy atom. The van der Waals surface area contributed by atoms with Gasteiger partial charge >= 0.3 is 0 Å². The van der Waals surface area contributed by atoms with E-state index in [0.29, 0.717) is 18.9 Å². The molecule has 0 saturated carbocycles. The predicted molar refractivity (Wildman–Crippen MR) is 132 cm³/mol. The highest BCUT2D eigenvalue weighted by Crippen LogP contribution is 2.24. The van der Waals surface area contributed by atoms with Gasteiger partial charge < -0.3 is 20.3 Å². The maximum absolute atomic E-state index is 13.4. The third-order valence-electron chi connectivity index (χ3n) is 5.61. The Balaban J connectivity index is 1.53. The fourth-order valence-electron chi connectivity index (χ4n) is 3.93. The van der Waals surface area contributed by atoms with Gasteiger partial charge in [-0.25, -0.2) is 9.97 Å². The molecule has 3 aromatic rings. The zero-order valence-corrected chi connectivity index (χ0v) is 20.7. The van der Waals surface area contributed by atoms with Gasteiger partial charge in [0.1, 0.15) is 18.2 Å². The number of nitrogens with two attached hydrogens (primary N) is 1. The van der Waals surface area contributed by atoms with Crippen LogP contribution in [0.5, 0.6) is 0 Å². The largest absolute Gasteiger partial charge is 0.383 e. The summed E-state index contributed by atoms with van der Waals surface area (Å²) in [6.07, 6.45) is 4.71. The average Bonchev–Trinajstić information content (AvgIpc) is 3.22. The van der Waals surface area contributed by atoms with Crippen molar-refractivity contribution in [3.8, 4) is 0 Å². The van der Waals surface area contributed by atoms with Crippen molar-refractivity contribution in [2.75, 3.05) is 26.0 Å². The van der Waals surface area contributed by atoms with Crippen LogP contribution in [0.2, 0.25) is 0 Å². The van der Waals surface area contributed by atoms with Gasteiger partial charge in [-0.1, -0.05) is 6.07 Å². The van der Waals surface area contributed by atoms with Gasteiger partial charge in [-0.2, -0.15) is 0 Å². The fourth-order valence-corrected chi connectivity index (χ4v) is 5.27. The number of benzene rings is 1. The zero-order valence-electron chi connectivity index (χ0n) is 18.3. The predicted octanol–water partition coefficient (Wildman–Crippen LogP) is 3.32. The van der Waals surface area contributed by atoms with Crippen LogP contribution in [0.25, 0.3) is 17.0 Å². The van der Waals surface area contributed by atoms with E-state index in [-0.39, 0.29) is 24.5 Å². The number of fused-ring (bicyclic) bond motifs is 1. The molecule has 33 heavy (non-hydrogen) atoms. The molecule has 1 aromatic carbocycles. The molecule has 3 heterocycles. The summed E-state index contributed by atoms with van der Waals surface area (Å²) in [5, 5.41) is 2.73. The number of ether oxygens (including phenoxy) is 1. The summed E-state index contributed by atoms with van der Waals surface area (Å²) in [6.45, 7) is 2.90. The maximum atomic E-state index is 13.4. The van der Waals surface area contributed by atoms with Crippen LogP contribution < -0.4 is 5.73 Å². The van der Waals surface area contributed by atoms with Gasteiger partial charge in [0.2, 0.25) is 11.8 Å². The summed E-state index contributed by atoms with van der Waals surface area (Å²) in [4.78, 5) is 39.0. The van der Waals surface area contributed by atoms with Gasteiger partial charge in [0.05, 0.1) is 12.1 Å². The molecule has 172 valence electrons. The van der Waals surface area contributed by atoms with Crippen LogP contribution in [0.4, 0.5) is 5.82 Å². The lowest BCUT2D eigenvalue weighted by molar-refractivity contribution is -0.155. The molecule has 4 rings (SSSR count). The first-order chi connectivity index (χ1) is 15.9. The molecule has 8 nitrogen and oxygen atoms in total. The van der Waals surface area contributed by atoms with Gasteiger partial charge in [0.25, 0.3) is 0 Å². The maximum Gasteiger partial charge on any atom is 0.248 e. The smallest absolute Gasteiger partial charge is 0.248 e. The first-order valence-corrected chi connectivity index (χ1v) is 12.1. The van der Waals surface area contributed by atoms with E-state index in [0.717, 1.165) is 25.8 Å². The van der Waals surface area contributed by atoms with Gasteiger partial charge in [0.15, 0.2) is 0 Å². The van der Waals surface area contributed by atoms with E-state index in [9.17, 15) is 9.59 Å². The van der Waals surface area contributed by atoms with Crippen molar-refractivity contribution in [2.24, 2.45) is 0 Å². The molecular weight excluding hydrogens is 506 g/mol. The molecule has 1 saturated heterocycles. The fraction of sp³-hybridized carbons (Fsp3) is 0.304. The second-order valence-corrected chi connectivity index (χ2v) is 9.75. The lowest BCUT2D eigenvalue weighted by Crippen LogP contribution is -2.63. The average molecular weight is 530 g/mol. The molecule has 1 aliphatic rings. The third kappa shape index (κ3) is 5.07. The van der Waals surface area contributed by atoms with Crippen molar-refractivity contribution in [3.05, 3.63) is 57.0 Å². The van der Waals surface area contributed by atoms with Crippen LogP contribution in [-0.4, -0.2) is 63.9 Å². The van der Waals surface area contributed by atoms with Crippen LogP contribution in [0.15, 0.2) is 46.5 Å². The van der Waals surface area contributed by atoms with Gasteiger partial charge in [-0.3, -0.25) is 9.59 Å². The first-order valence-electron chi connectivity index (χ1n) is 10.4. The van der Waals surface area contributed by atoms with Crippen molar-refractivity contribution < 1.29 is 14.3 Å². The Labute approximate surface area is 204 Å². The Morgan fingerprint density at radius 3 is 2.91 bits per heavy atom.